The molecule has 1 aromatic carbocycles. The molecule has 1 heterocycles. The number of hydrogen-bond donors (Lipinski definition) is 1. The van der Waals surface area contributed by atoms with E-state index in [1.807, 2.05) is 19.1 Å². The first-order chi connectivity index (χ1) is 7.68. The maximum atomic E-state index is 5.83. The summed E-state index contributed by atoms with van der Waals surface area (Å²) in [6, 6.07) is 6.27. The second-order valence-corrected chi connectivity index (χ2v) is 4.49. The summed E-state index contributed by atoms with van der Waals surface area (Å²) >= 11 is 0. The summed E-state index contributed by atoms with van der Waals surface area (Å²) in [5.41, 5.74) is 7.04. The Bertz CT molecular complexity index is 363. The minimum absolute atomic E-state index is 0.204. The van der Waals surface area contributed by atoms with Gasteiger partial charge in [0.25, 0.3) is 0 Å². The van der Waals surface area contributed by atoms with Crippen LogP contribution < -0.4 is 15.2 Å². The zero-order chi connectivity index (χ0) is 11.5. The van der Waals surface area contributed by atoms with E-state index in [0.29, 0.717) is 19.1 Å². The third-order valence-electron chi connectivity index (χ3n) is 2.85. The summed E-state index contributed by atoms with van der Waals surface area (Å²) in [5.74, 6) is 2.17. The maximum Gasteiger partial charge on any atom is 0.164 e. The molecule has 3 nitrogen and oxygen atoms in total. The monoisotopic (exact) mass is 221 g/mol. The Hall–Kier alpha value is -1.22. The summed E-state index contributed by atoms with van der Waals surface area (Å²) in [6.07, 6.45) is 0.958. The minimum Gasteiger partial charge on any atom is -0.486 e. The Balaban J connectivity index is 2.26. The molecule has 1 aromatic rings. The lowest BCUT2D eigenvalue weighted by Gasteiger charge is -2.24. The third kappa shape index (κ3) is 2.30. The van der Waals surface area contributed by atoms with Gasteiger partial charge in [-0.05, 0) is 25.3 Å². The molecule has 0 radical (unpaired) electrons. The van der Waals surface area contributed by atoms with Crippen molar-refractivity contribution in [2.45, 2.75) is 32.2 Å². The summed E-state index contributed by atoms with van der Waals surface area (Å²) in [6.45, 7) is 5.48. The number of hydrogen-bond acceptors (Lipinski definition) is 3. The third-order valence-corrected chi connectivity index (χ3v) is 2.85. The lowest BCUT2D eigenvalue weighted by molar-refractivity contribution is 0.169. The first-order valence-electron chi connectivity index (χ1n) is 5.82. The number of para-hydroxylation sites is 1. The van der Waals surface area contributed by atoms with Gasteiger partial charge < -0.3 is 15.2 Å². The molecule has 0 amide bonds. The Morgan fingerprint density at radius 3 is 2.75 bits per heavy atom. The molecule has 16 heavy (non-hydrogen) atoms. The average molecular weight is 221 g/mol. The second-order valence-electron chi connectivity index (χ2n) is 4.49. The topological polar surface area (TPSA) is 44.5 Å². The number of fused-ring (bicyclic) bond motifs is 1. The molecule has 88 valence electrons. The van der Waals surface area contributed by atoms with Crippen molar-refractivity contribution in [1.29, 1.82) is 0 Å². The molecular formula is C13H19NO2. The molecule has 0 aliphatic carbocycles. The Morgan fingerprint density at radius 2 is 2.00 bits per heavy atom. The molecular weight excluding hydrogens is 202 g/mol. The van der Waals surface area contributed by atoms with Crippen molar-refractivity contribution in [1.82, 2.24) is 0 Å². The zero-order valence-electron chi connectivity index (χ0n) is 9.90. The molecule has 0 aromatic heterocycles. The summed E-state index contributed by atoms with van der Waals surface area (Å²) in [5, 5.41) is 0. The summed E-state index contributed by atoms with van der Waals surface area (Å²) in [7, 11) is 0. The van der Waals surface area contributed by atoms with Gasteiger partial charge >= 0.3 is 0 Å². The Kier molecular flexibility index (Phi) is 3.34. The lowest BCUT2D eigenvalue weighted by Crippen LogP contribution is -2.20. The van der Waals surface area contributed by atoms with E-state index in [-0.39, 0.29) is 6.04 Å². The second kappa shape index (κ2) is 4.74. The average Bonchev–Trinajstić information content (AvgIpc) is 2.27. The van der Waals surface area contributed by atoms with Crippen LogP contribution in [0.25, 0.3) is 0 Å². The molecule has 0 spiro atoms. The van der Waals surface area contributed by atoms with Crippen LogP contribution in [-0.4, -0.2) is 19.3 Å². The highest BCUT2D eigenvalue weighted by molar-refractivity contribution is 5.48. The van der Waals surface area contributed by atoms with Crippen molar-refractivity contribution < 1.29 is 9.47 Å². The van der Waals surface area contributed by atoms with Crippen molar-refractivity contribution >= 4 is 0 Å². The van der Waals surface area contributed by atoms with Crippen LogP contribution in [0.5, 0.6) is 11.5 Å². The molecule has 2 unspecified atom stereocenters. The standard InChI is InChI=1S/C13H19NO2/c1-9(8-10(2)14)11-4-3-5-12-13(11)16-7-6-15-12/h3-5,9-10H,6-8,14H2,1-2H3. The Labute approximate surface area is 96.5 Å². The van der Waals surface area contributed by atoms with Gasteiger partial charge in [-0.2, -0.15) is 0 Å². The number of benzene rings is 1. The van der Waals surface area contributed by atoms with Crippen molar-refractivity contribution in [3.05, 3.63) is 23.8 Å². The van der Waals surface area contributed by atoms with E-state index < -0.39 is 0 Å². The smallest absolute Gasteiger partial charge is 0.164 e. The zero-order valence-corrected chi connectivity index (χ0v) is 9.90. The van der Waals surface area contributed by atoms with Gasteiger partial charge in [0, 0.05) is 11.6 Å². The molecule has 0 bridgehead atoms. The summed E-state index contributed by atoms with van der Waals surface area (Å²) < 4.78 is 11.3. The van der Waals surface area contributed by atoms with Gasteiger partial charge in [0.2, 0.25) is 0 Å². The number of ether oxygens (including phenoxy) is 2. The van der Waals surface area contributed by atoms with E-state index in [2.05, 4.69) is 13.0 Å². The van der Waals surface area contributed by atoms with Crippen LogP contribution in [0.1, 0.15) is 31.7 Å². The molecule has 1 aliphatic rings. The van der Waals surface area contributed by atoms with Gasteiger partial charge in [0.1, 0.15) is 13.2 Å². The molecule has 2 rings (SSSR count). The highest BCUT2D eigenvalue weighted by atomic mass is 16.6. The predicted molar refractivity (Wildman–Crippen MR) is 64.1 cm³/mol. The van der Waals surface area contributed by atoms with Crippen LogP contribution in [0.4, 0.5) is 0 Å². The van der Waals surface area contributed by atoms with E-state index in [9.17, 15) is 0 Å². The number of rotatable bonds is 3. The van der Waals surface area contributed by atoms with Gasteiger partial charge in [-0.1, -0.05) is 19.1 Å². The van der Waals surface area contributed by atoms with Gasteiger partial charge in [-0.25, -0.2) is 0 Å². The van der Waals surface area contributed by atoms with Crippen molar-refractivity contribution in [3.8, 4) is 11.5 Å². The SMILES string of the molecule is CC(N)CC(C)c1cccc2c1OCCO2. The largest absolute Gasteiger partial charge is 0.486 e. The first kappa shape index (κ1) is 11.3. The van der Waals surface area contributed by atoms with Crippen LogP contribution in [0, 0.1) is 0 Å². The predicted octanol–water partition coefficient (Wildman–Crippen LogP) is 2.30. The first-order valence-corrected chi connectivity index (χ1v) is 5.82. The molecule has 0 saturated heterocycles. The van der Waals surface area contributed by atoms with E-state index in [1.54, 1.807) is 0 Å². The number of nitrogens with two attached hydrogens (primary N) is 1. The fourth-order valence-corrected chi connectivity index (χ4v) is 2.17. The van der Waals surface area contributed by atoms with Gasteiger partial charge in [-0.3, -0.25) is 0 Å². The van der Waals surface area contributed by atoms with Crippen molar-refractivity contribution in [3.63, 3.8) is 0 Å². The Morgan fingerprint density at radius 1 is 1.25 bits per heavy atom. The molecule has 0 saturated carbocycles. The molecule has 2 atom stereocenters. The van der Waals surface area contributed by atoms with E-state index in [0.717, 1.165) is 17.9 Å². The summed E-state index contributed by atoms with van der Waals surface area (Å²) in [4.78, 5) is 0. The molecule has 0 fully saturated rings. The lowest BCUT2D eigenvalue weighted by atomic mass is 9.93. The van der Waals surface area contributed by atoms with Crippen LogP contribution in [0.15, 0.2) is 18.2 Å². The van der Waals surface area contributed by atoms with Crippen molar-refractivity contribution in [2.75, 3.05) is 13.2 Å². The van der Waals surface area contributed by atoms with E-state index in [4.69, 9.17) is 15.2 Å². The molecule has 2 N–H and O–H groups in total. The van der Waals surface area contributed by atoms with Gasteiger partial charge in [0.05, 0.1) is 0 Å². The van der Waals surface area contributed by atoms with Crippen molar-refractivity contribution in [2.24, 2.45) is 5.73 Å². The van der Waals surface area contributed by atoms with E-state index >= 15 is 0 Å². The minimum atomic E-state index is 0.204. The van der Waals surface area contributed by atoms with Crippen LogP contribution >= 0.6 is 0 Å². The van der Waals surface area contributed by atoms with Gasteiger partial charge in [0.15, 0.2) is 11.5 Å². The van der Waals surface area contributed by atoms with Crippen LogP contribution in [-0.2, 0) is 0 Å². The highest BCUT2D eigenvalue weighted by Crippen LogP contribution is 2.38. The quantitative estimate of drug-likeness (QED) is 0.851. The fourth-order valence-electron chi connectivity index (χ4n) is 2.17. The fraction of sp³-hybridized carbons (Fsp3) is 0.538. The molecule has 1 aliphatic heterocycles. The van der Waals surface area contributed by atoms with Crippen LogP contribution in [0.2, 0.25) is 0 Å². The van der Waals surface area contributed by atoms with E-state index in [1.165, 1.54) is 5.56 Å². The normalized spacial score (nSPS) is 17.9. The van der Waals surface area contributed by atoms with Gasteiger partial charge in [-0.15, -0.1) is 0 Å². The highest BCUT2D eigenvalue weighted by Gasteiger charge is 2.19. The molecule has 3 heteroatoms. The van der Waals surface area contributed by atoms with Crippen LogP contribution in [0.3, 0.4) is 0 Å². The maximum absolute atomic E-state index is 5.83.